The molecule has 0 aliphatic carbocycles. The number of para-hydroxylation sites is 1. The van der Waals surface area contributed by atoms with Crippen molar-refractivity contribution < 1.29 is 9.13 Å². The molecule has 0 heterocycles. The molecule has 0 spiro atoms. The highest BCUT2D eigenvalue weighted by Crippen LogP contribution is 2.33. The van der Waals surface area contributed by atoms with Gasteiger partial charge in [0.25, 0.3) is 0 Å². The van der Waals surface area contributed by atoms with Crippen LogP contribution in [0.1, 0.15) is 30.5 Å². The van der Waals surface area contributed by atoms with E-state index in [-0.39, 0.29) is 11.9 Å². The quantitative estimate of drug-likeness (QED) is 0.611. The van der Waals surface area contributed by atoms with Crippen LogP contribution < -0.4 is 16.0 Å². The second-order valence-corrected chi connectivity index (χ2v) is 5.51. The van der Waals surface area contributed by atoms with Crippen LogP contribution >= 0.6 is 15.9 Å². The molecule has 2 aromatic carbocycles. The maximum absolute atomic E-state index is 13.3. The Kier molecular flexibility index (Phi) is 5.73. The van der Waals surface area contributed by atoms with Crippen LogP contribution in [0.5, 0.6) is 5.75 Å². The van der Waals surface area contributed by atoms with Crippen molar-refractivity contribution in [2.45, 2.75) is 19.4 Å². The predicted octanol–water partition coefficient (Wildman–Crippen LogP) is 3.93. The lowest BCUT2D eigenvalue weighted by Gasteiger charge is -2.21. The number of nitrogens with one attached hydrogen (secondary N) is 1. The van der Waals surface area contributed by atoms with Crippen LogP contribution in [0.3, 0.4) is 0 Å². The number of ether oxygens (including phenoxy) is 1. The molecule has 5 heteroatoms. The molecule has 3 nitrogen and oxygen atoms in total. The Hall–Kier alpha value is -1.43. The summed E-state index contributed by atoms with van der Waals surface area (Å²) in [6.07, 6.45) is 0.926. The second-order valence-electron chi connectivity index (χ2n) is 4.65. The average Bonchev–Trinajstić information content (AvgIpc) is 2.49. The van der Waals surface area contributed by atoms with Gasteiger partial charge in [-0.3, -0.25) is 5.84 Å². The van der Waals surface area contributed by atoms with E-state index in [0.29, 0.717) is 11.1 Å². The zero-order valence-electron chi connectivity index (χ0n) is 11.8. The molecule has 1 unspecified atom stereocenters. The van der Waals surface area contributed by atoms with E-state index < -0.39 is 0 Å². The van der Waals surface area contributed by atoms with Crippen molar-refractivity contribution in [3.63, 3.8) is 0 Å². The van der Waals surface area contributed by atoms with E-state index in [1.807, 2.05) is 24.3 Å². The van der Waals surface area contributed by atoms with Crippen LogP contribution in [0.2, 0.25) is 0 Å². The Bertz CT molecular complexity index is 607. The summed E-state index contributed by atoms with van der Waals surface area (Å²) in [4.78, 5) is 0. The van der Waals surface area contributed by atoms with Crippen LogP contribution in [-0.4, -0.2) is 6.61 Å². The highest BCUT2D eigenvalue weighted by Gasteiger charge is 2.19. The summed E-state index contributed by atoms with van der Waals surface area (Å²) in [6.45, 7) is 2.69. The molecule has 1 atom stereocenters. The van der Waals surface area contributed by atoms with Crippen molar-refractivity contribution in [2.24, 2.45) is 5.84 Å². The number of rotatable bonds is 6. The Morgan fingerprint density at radius 1 is 1.24 bits per heavy atom. The van der Waals surface area contributed by atoms with Gasteiger partial charge in [0.1, 0.15) is 11.6 Å². The maximum atomic E-state index is 13.3. The fourth-order valence-electron chi connectivity index (χ4n) is 2.15. The lowest BCUT2D eigenvalue weighted by atomic mass is 9.98. The lowest BCUT2D eigenvalue weighted by Crippen LogP contribution is -2.29. The van der Waals surface area contributed by atoms with E-state index in [1.54, 1.807) is 6.07 Å². The minimum absolute atomic E-state index is 0.284. The maximum Gasteiger partial charge on any atom is 0.124 e. The minimum atomic E-state index is -0.295. The fourth-order valence-corrected chi connectivity index (χ4v) is 2.72. The Balaban J connectivity index is 2.41. The Morgan fingerprint density at radius 2 is 2.00 bits per heavy atom. The van der Waals surface area contributed by atoms with Gasteiger partial charge < -0.3 is 4.74 Å². The molecule has 0 aliphatic heterocycles. The lowest BCUT2D eigenvalue weighted by molar-refractivity contribution is 0.311. The summed E-state index contributed by atoms with van der Waals surface area (Å²) in [5.74, 6) is 6.20. The van der Waals surface area contributed by atoms with E-state index in [2.05, 4.69) is 28.3 Å². The molecule has 0 fully saturated rings. The molecule has 21 heavy (non-hydrogen) atoms. The van der Waals surface area contributed by atoms with Crippen molar-refractivity contribution in [3.8, 4) is 5.75 Å². The number of hydrogen-bond acceptors (Lipinski definition) is 3. The zero-order valence-corrected chi connectivity index (χ0v) is 13.4. The van der Waals surface area contributed by atoms with Gasteiger partial charge in [0.15, 0.2) is 0 Å². The third-order valence-electron chi connectivity index (χ3n) is 3.13. The summed E-state index contributed by atoms with van der Waals surface area (Å²) in [5.41, 5.74) is 4.55. The van der Waals surface area contributed by atoms with Crippen LogP contribution in [0.4, 0.5) is 4.39 Å². The summed E-state index contributed by atoms with van der Waals surface area (Å²) < 4.78 is 19.7. The van der Waals surface area contributed by atoms with Gasteiger partial charge in [-0.05, 0) is 30.2 Å². The normalized spacial score (nSPS) is 12.2. The van der Waals surface area contributed by atoms with Crippen molar-refractivity contribution in [2.75, 3.05) is 6.61 Å². The molecule has 2 aromatic rings. The van der Waals surface area contributed by atoms with Gasteiger partial charge in [0.2, 0.25) is 0 Å². The molecule has 0 saturated heterocycles. The molecule has 0 aliphatic rings. The molecule has 0 radical (unpaired) electrons. The van der Waals surface area contributed by atoms with Crippen molar-refractivity contribution in [1.82, 2.24) is 5.43 Å². The fraction of sp³-hybridized carbons (Fsp3) is 0.250. The van der Waals surface area contributed by atoms with E-state index >= 15 is 0 Å². The van der Waals surface area contributed by atoms with Crippen LogP contribution in [0.25, 0.3) is 0 Å². The Labute approximate surface area is 132 Å². The monoisotopic (exact) mass is 352 g/mol. The largest absolute Gasteiger partial charge is 0.493 e. The SMILES string of the molecule is CCCOc1ccccc1C(NN)c1ccc(F)cc1Br. The first-order chi connectivity index (χ1) is 10.2. The van der Waals surface area contributed by atoms with Crippen molar-refractivity contribution in [3.05, 3.63) is 63.9 Å². The van der Waals surface area contributed by atoms with E-state index in [4.69, 9.17) is 10.6 Å². The molecule has 0 saturated carbocycles. The van der Waals surface area contributed by atoms with Gasteiger partial charge in [-0.25, -0.2) is 9.82 Å². The molecule has 0 bridgehead atoms. The van der Waals surface area contributed by atoms with Crippen molar-refractivity contribution in [1.29, 1.82) is 0 Å². The zero-order chi connectivity index (χ0) is 15.2. The topological polar surface area (TPSA) is 47.3 Å². The first-order valence-corrected chi connectivity index (χ1v) is 7.59. The molecular weight excluding hydrogens is 335 g/mol. The van der Waals surface area contributed by atoms with Gasteiger partial charge >= 0.3 is 0 Å². The summed E-state index contributed by atoms with van der Waals surface area (Å²) >= 11 is 3.39. The molecule has 2 rings (SSSR count). The summed E-state index contributed by atoms with van der Waals surface area (Å²) in [7, 11) is 0. The number of benzene rings is 2. The van der Waals surface area contributed by atoms with Crippen LogP contribution in [0.15, 0.2) is 46.9 Å². The number of hydrazine groups is 1. The number of hydrogen-bond donors (Lipinski definition) is 2. The highest BCUT2D eigenvalue weighted by molar-refractivity contribution is 9.10. The van der Waals surface area contributed by atoms with E-state index in [0.717, 1.165) is 23.3 Å². The molecule has 0 aromatic heterocycles. The minimum Gasteiger partial charge on any atom is -0.493 e. The van der Waals surface area contributed by atoms with Crippen LogP contribution in [-0.2, 0) is 0 Å². The first kappa shape index (κ1) is 15.9. The number of nitrogens with two attached hydrogens (primary N) is 1. The molecule has 0 amide bonds. The summed E-state index contributed by atoms with van der Waals surface area (Å²) in [6, 6.07) is 12.0. The van der Waals surface area contributed by atoms with Crippen LogP contribution in [0, 0.1) is 5.82 Å². The summed E-state index contributed by atoms with van der Waals surface area (Å²) in [5, 5.41) is 0. The molecular formula is C16H18BrFN2O. The van der Waals surface area contributed by atoms with Gasteiger partial charge in [-0.1, -0.05) is 47.1 Å². The van der Waals surface area contributed by atoms with Gasteiger partial charge in [-0.15, -0.1) is 0 Å². The van der Waals surface area contributed by atoms with E-state index in [1.165, 1.54) is 12.1 Å². The van der Waals surface area contributed by atoms with E-state index in [9.17, 15) is 4.39 Å². The number of halogens is 2. The third-order valence-corrected chi connectivity index (χ3v) is 3.82. The standard InChI is InChI=1S/C16H18BrFN2O/c1-2-9-21-15-6-4-3-5-13(15)16(20-19)12-8-7-11(18)10-14(12)17/h3-8,10,16,20H,2,9,19H2,1H3. The highest BCUT2D eigenvalue weighted by atomic mass is 79.9. The first-order valence-electron chi connectivity index (χ1n) is 6.80. The predicted molar refractivity (Wildman–Crippen MR) is 85.5 cm³/mol. The molecule has 112 valence electrons. The van der Waals surface area contributed by atoms with Gasteiger partial charge in [0.05, 0.1) is 12.6 Å². The molecule has 3 N–H and O–H groups in total. The van der Waals surface area contributed by atoms with Gasteiger partial charge in [0, 0.05) is 10.0 Å². The Morgan fingerprint density at radius 3 is 2.67 bits per heavy atom. The average molecular weight is 353 g/mol. The van der Waals surface area contributed by atoms with Crippen molar-refractivity contribution >= 4 is 15.9 Å². The second kappa shape index (κ2) is 7.54. The van der Waals surface area contributed by atoms with Gasteiger partial charge in [-0.2, -0.15) is 0 Å². The smallest absolute Gasteiger partial charge is 0.124 e. The third kappa shape index (κ3) is 3.81.